The van der Waals surface area contributed by atoms with Crippen LogP contribution in [0.1, 0.15) is 12.8 Å². The lowest BCUT2D eigenvalue weighted by Gasteiger charge is -2.26. The molecule has 0 aromatic carbocycles. The highest BCUT2D eigenvalue weighted by Crippen LogP contribution is 2.17. The molecule has 7 nitrogen and oxygen atoms in total. The van der Waals surface area contributed by atoms with E-state index in [2.05, 4.69) is 4.90 Å². The summed E-state index contributed by atoms with van der Waals surface area (Å²) in [5.74, 6) is -2.42. The van der Waals surface area contributed by atoms with Crippen molar-refractivity contribution < 1.29 is 24.1 Å². The lowest BCUT2D eigenvalue weighted by atomic mass is 9.98. The highest BCUT2D eigenvalue weighted by molar-refractivity contribution is 6.40. The van der Waals surface area contributed by atoms with E-state index >= 15 is 0 Å². The summed E-state index contributed by atoms with van der Waals surface area (Å²) in [6.07, 6.45) is 2.13. The van der Waals surface area contributed by atoms with Crippen LogP contribution in [0.15, 0.2) is 0 Å². The minimum absolute atomic E-state index is 0.125. The van der Waals surface area contributed by atoms with E-state index in [1.807, 2.05) is 0 Å². The summed E-state index contributed by atoms with van der Waals surface area (Å²) in [4.78, 5) is 38.3. The summed E-state index contributed by atoms with van der Waals surface area (Å²) in [7, 11) is 2.78. The van der Waals surface area contributed by atoms with Gasteiger partial charge in [-0.05, 0) is 25.9 Å². The Balaban J connectivity index is 2.33. The first kappa shape index (κ1) is 13.7. The van der Waals surface area contributed by atoms with Gasteiger partial charge in [0.15, 0.2) is 0 Å². The van der Waals surface area contributed by atoms with Crippen LogP contribution >= 0.6 is 0 Å². The Morgan fingerprint density at radius 2 is 1.95 bits per heavy atom. The molecule has 1 saturated heterocycles. The fraction of sp³-hybridized carbons (Fsp3) is 0.667. The summed E-state index contributed by atoms with van der Waals surface area (Å²) in [6.45, 7) is 2.11. The second-order valence-electron chi connectivity index (χ2n) is 4.99. The van der Waals surface area contributed by atoms with Crippen LogP contribution in [0.25, 0.3) is 0 Å². The number of likely N-dealkylation sites (tertiary alicyclic amines) is 1. The minimum atomic E-state index is -1.21. The quantitative estimate of drug-likeness (QED) is 0.695. The van der Waals surface area contributed by atoms with Gasteiger partial charge in [-0.25, -0.2) is 9.59 Å². The monoisotopic (exact) mass is 268 g/mol. The number of carbonyl (C=O) groups is 3. The highest BCUT2D eigenvalue weighted by Gasteiger charge is 2.48. The molecule has 0 bridgehead atoms. The molecule has 2 rings (SSSR count). The molecule has 0 radical (unpaired) electrons. The largest absolute Gasteiger partial charge is 0.500 e. The van der Waals surface area contributed by atoms with Crippen molar-refractivity contribution in [2.24, 2.45) is 5.92 Å². The third kappa shape index (κ3) is 2.37. The Morgan fingerprint density at radius 3 is 2.47 bits per heavy atom. The normalized spacial score (nSPS) is 25.4. The Morgan fingerprint density at radius 1 is 1.37 bits per heavy atom. The maximum Gasteiger partial charge on any atom is 0.500 e. The van der Waals surface area contributed by atoms with E-state index < -0.39 is 23.8 Å². The number of imide groups is 1. The molecule has 0 aromatic rings. The van der Waals surface area contributed by atoms with Gasteiger partial charge >= 0.3 is 17.9 Å². The molecule has 0 saturated carbocycles. The number of hydrogen-bond donors (Lipinski definition) is 1. The van der Waals surface area contributed by atoms with Crippen molar-refractivity contribution in [3.05, 3.63) is 0 Å². The molecule has 1 unspecified atom stereocenters. The topological polar surface area (TPSA) is 80.9 Å². The van der Waals surface area contributed by atoms with Crippen molar-refractivity contribution in [3.63, 3.8) is 0 Å². The van der Waals surface area contributed by atoms with Crippen molar-refractivity contribution in [2.75, 3.05) is 33.7 Å². The van der Waals surface area contributed by atoms with E-state index in [0.717, 1.165) is 35.4 Å². The fourth-order valence-electron chi connectivity index (χ4n) is 2.69. The van der Waals surface area contributed by atoms with Crippen LogP contribution in [0.4, 0.5) is 4.79 Å². The Hall–Kier alpha value is -1.76. The smallest absolute Gasteiger partial charge is 0.475 e. The van der Waals surface area contributed by atoms with Crippen LogP contribution in [0.2, 0.25) is 0 Å². The Labute approximate surface area is 111 Å². The second kappa shape index (κ2) is 5.08. The summed E-state index contributed by atoms with van der Waals surface area (Å²) in [5, 5.41) is 9.25. The average Bonchev–Trinajstić information content (AvgIpc) is 2.86. The molecule has 0 aliphatic carbocycles. The molecule has 1 fully saturated rings. The molecule has 0 spiro atoms. The van der Waals surface area contributed by atoms with Crippen molar-refractivity contribution in [2.45, 2.75) is 12.8 Å². The van der Waals surface area contributed by atoms with Crippen molar-refractivity contribution in [1.29, 1.82) is 0 Å². The Kier molecular flexibility index (Phi) is 3.66. The van der Waals surface area contributed by atoms with E-state index in [4.69, 9.17) is 0 Å². The molecular formula is C12H18N3O4+. The number of nitrogens with zero attached hydrogens (tertiary/aromatic N) is 3. The van der Waals surface area contributed by atoms with Crippen LogP contribution < -0.4 is 0 Å². The molecule has 2 heterocycles. The predicted molar refractivity (Wildman–Crippen MR) is 66.2 cm³/mol. The van der Waals surface area contributed by atoms with Crippen LogP contribution in [0.5, 0.6) is 0 Å². The number of carbonyl (C=O) groups excluding carboxylic acids is 2. The Bertz CT molecular complexity index is 466. The van der Waals surface area contributed by atoms with Crippen LogP contribution in [0, 0.1) is 5.92 Å². The number of hydrogen-bond acceptors (Lipinski definition) is 4. The number of carboxylic acid groups (broad SMARTS) is 1. The zero-order valence-corrected chi connectivity index (χ0v) is 11.1. The molecule has 0 aromatic heterocycles. The van der Waals surface area contributed by atoms with Gasteiger partial charge in [-0.3, -0.25) is 0 Å². The van der Waals surface area contributed by atoms with Gasteiger partial charge in [0.1, 0.15) is 5.92 Å². The van der Waals surface area contributed by atoms with Crippen LogP contribution in [-0.2, 0) is 9.59 Å². The summed E-state index contributed by atoms with van der Waals surface area (Å²) in [5.41, 5.74) is -0.125. The van der Waals surface area contributed by atoms with Gasteiger partial charge in [-0.2, -0.15) is 14.3 Å². The summed E-state index contributed by atoms with van der Waals surface area (Å²) >= 11 is 0. The number of urea groups is 1. The third-order valence-electron chi connectivity index (χ3n) is 3.75. The second-order valence-corrected chi connectivity index (χ2v) is 4.99. The van der Waals surface area contributed by atoms with Gasteiger partial charge in [0.25, 0.3) is 0 Å². The first-order chi connectivity index (χ1) is 8.93. The van der Waals surface area contributed by atoms with E-state index in [-0.39, 0.29) is 5.71 Å². The molecule has 2 aliphatic rings. The molecule has 19 heavy (non-hydrogen) atoms. The zero-order chi connectivity index (χ0) is 14.2. The molecule has 2 aliphatic heterocycles. The van der Waals surface area contributed by atoms with E-state index in [1.54, 1.807) is 0 Å². The zero-order valence-electron chi connectivity index (χ0n) is 11.1. The van der Waals surface area contributed by atoms with E-state index in [0.29, 0.717) is 6.54 Å². The number of carboxylic acids is 1. The van der Waals surface area contributed by atoms with E-state index in [9.17, 15) is 19.5 Å². The van der Waals surface area contributed by atoms with Gasteiger partial charge < -0.3 is 10.0 Å². The SMILES string of the molecule is CN1C(=O)C(CN2CCCC2)C(C(=O)O)=[N+](C)C1=O. The van der Waals surface area contributed by atoms with Crippen molar-refractivity contribution >= 4 is 23.6 Å². The first-order valence-corrected chi connectivity index (χ1v) is 6.31. The maximum atomic E-state index is 12.2. The van der Waals surface area contributed by atoms with Gasteiger partial charge in [-0.1, -0.05) is 0 Å². The molecule has 7 heteroatoms. The van der Waals surface area contributed by atoms with Crippen LogP contribution in [-0.4, -0.2) is 76.8 Å². The first-order valence-electron chi connectivity index (χ1n) is 6.31. The summed E-state index contributed by atoms with van der Waals surface area (Å²) in [6, 6.07) is -0.597. The standard InChI is InChI=1S/C12H17N3O4/c1-13-9(11(17)18)8(7-15-5-3-4-6-15)10(16)14(2)12(13)19/h8H,3-7H2,1-2H3/p+1. The number of rotatable bonds is 3. The molecule has 1 N–H and O–H groups in total. The van der Waals surface area contributed by atoms with Crippen molar-refractivity contribution in [3.8, 4) is 0 Å². The molecular weight excluding hydrogens is 250 g/mol. The molecule has 1 atom stereocenters. The van der Waals surface area contributed by atoms with Crippen molar-refractivity contribution in [1.82, 2.24) is 9.80 Å². The van der Waals surface area contributed by atoms with Gasteiger partial charge in [0.05, 0.1) is 14.1 Å². The number of amides is 3. The fourth-order valence-corrected chi connectivity index (χ4v) is 2.69. The van der Waals surface area contributed by atoms with Gasteiger partial charge in [-0.15, -0.1) is 0 Å². The third-order valence-corrected chi connectivity index (χ3v) is 3.75. The molecule has 3 amide bonds. The minimum Gasteiger partial charge on any atom is -0.475 e. The summed E-state index contributed by atoms with van der Waals surface area (Å²) < 4.78 is 1.06. The van der Waals surface area contributed by atoms with Gasteiger partial charge in [0, 0.05) is 6.54 Å². The predicted octanol–water partition coefficient (Wildman–Crippen LogP) is -0.542. The molecule has 104 valence electrons. The average molecular weight is 268 g/mol. The highest BCUT2D eigenvalue weighted by atomic mass is 16.4. The lowest BCUT2D eigenvalue weighted by Crippen LogP contribution is -2.56. The van der Waals surface area contributed by atoms with Gasteiger partial charge in [0.2, 0.25) is 5.71 Å². The number of aliphatic carboxylic acids is 1. The maximum absolute atomic E-state index is 12.2. The lowest BCUT2D eigenvalue weighted by molar-refractivity contribution is -0.406. The van der Waals surface area contributed by atoms with Crippen LogP contribution in [0.3, 0.4) is 0 Å². The van der Waals surface area contributed by atoms with E-state index in [1.165, 1.54) is 14.1 Å².